The van der Waals surface area contributed by atoms with Crippen molar-refractivity contribution < 1.29 is 4.79 Å². The number of halogens is 1. The van der Waals surface area contributed by atoms with E-state index in [1.807, 2.05) is 12.1 Å². The molecule has 0 bridgehead atoms. The molecule has 1 aromatic rings. The van der Waals surface area contributed by atoms with Crippen LogP contribution < -0.4 is 4.90 Å². The fourth-order valence-corrected chi connectivity index (χ4v) is 2.48. The van der Waals surface area contributed by atoms with Gasteiger partial charge in [-0.1, -0.05) is 25.4 Å². The summed E-state index contributed by atoms with van der Waals surface area (Å²) >= 11 is 6.18. The second-order valence-corrected chi connectivity index (χ2v) is 5.57. The minimum absolute atomic E-state index is 0.354. The average molecular weight is 238 g/mol. The number of carbonyl (C=O) groups excluding carboxylic acids is 1. The molecule has 0 spiro atoms. The zero-order valence-electron chi connectivity index (χ0n) is 9.66. The minimum Gasteiger partial charge on any atom is -0.370 e. The van der Waals surface area contributed by atoms with Crippen molar-refractivity contribution in [3.63, 3.8) is 0 Å². The summed E-state index contributed by atoms with van der Waals surface area (Å²) in [5.74, 6) is 0. The Morgan fingerprint density at radius 1 is 1.44 bits per heavy atom. The Balaban J connectivity index is 2.25. The highest BCUT2D eigenvalue weighted by molar-refractivity contribution is 6.33. The monoisotopic (exact) mass is 237 g/mol. The lowest BCUT2D eigenvalue weighted by Crippen LogP contribution is -2.22. The first kappa shape index (κ1) is 11.5. The van der Waals surface area contributed by atoms with Crippen LogP contribution in [0.1, 0.15) is 30.6 Å². The Labute approximate surface area is 101 Å². The van der Waals surface area contributed by atoms with E-state index in [0.717, 1.165) is 25.1 Å². The quantitative estimate of drug-likeness (QED) is 0.735. The van der Waals surface area contributed by atoms with E-state index in [4.69, 9.17) is 11.6 Å². The van der Waals surface area contributed by atoms with Crippen LogP contribution in [-0.2, 0) is 0 Å². The first-order valence-electron chi connectivity index (χ1n) is 5.51. The van der Waals surface area contributed by atoms with Crippen LogP contribution in [0.25, 0.3) is 0 Å². The molecule has 1 heterocycles. The fraction of sp³-hybridized carbons (Fsp3) is 0.462. The zero-order valence-corrected chi connectivity index (χ0v) is 10.4. The Kier molecular flexibility index (Phi) is 2.94. The summed E-state index contributed by atoms with van der Waals surface area (Å²) in [5, 5.41) is 0.669. The van der Waals surface area contributed by atoms with Crippen molar-refractivity contribution in [2.75, 3.05) is 18.0 Å². The molecule has 2 rings (SSSR count). The van der Waals surface area contributed by atoms with Crippen LogP contribution in [0.2, 0.25) is 5.02 Å². The summed E-state index contributed by atoms with van der Waals surface area (Å²) in [6.07, 6.45) is 2.00. The van der Waals surface area contributed by atoms with Gasteiger partial charge >= 0.3 is 0 Å². The molecule has 0 aliphatic carbocycles. The van der Waals surface area contributed by atoms with Gasteiger partial charge < -0.3 is 4.90 Å². The summed E-state index contributed by atoms with van der Waals surface area (Å²) in [5.41, 5.74) is 2.03. The van der Waals surface area contributed by atoms with Gasteiger partial charge in [0.25, 0.3) is 0 Å². The lowest BCUT2D eigenvalue weighted by molar-refractivity contribution is 0.112. The van der Waals surface area contributed by atoms with Crippen molar-refractivity contribution in [1.29, 1.82) is 0 Å². The molecule has 0 amide bonds. The first-order valence-corrected chi connectivity index (χ1v) is 5.89. The molecule has 1 fully saturated rings. The SMILES string of the molecule is CC1(C)CCN(c2ccc(C=O)cc2Cl)C1. The summed E-state index contributed by atoms with van der Waals surface area (Å²) in [6, 6.07) is 5.49. The molecule has 3 heteroatoms. The maximum atomic E-state index is 10.6. The number of anilines is 1. The fourth-order valence-electron chi connectivity index (χ4n) is 2.17. The van der Waals surface area contributed by atoms with E-state index in [2.05, 4.69) is 18.7 Å². The molecule has 86 valence electrons. The molecule has 1 saturated heterocycles. The zero-order chi connectivity index (χ0) is 11.8. The van der Waals surface area contributed by atoms with E-state index in [1.54, 1.807) is 6.07 Å². The van der Waals surface area contributed by atoms with Gasteiger partial charge in [0.2, 0.25) is 0 Å². The van der Waals surface area contributed by atoms with E-state index in [9.17, 15) is 4.79 Å². The number of carbonyl (C=O) groups is 1. The van der Waals surface area contributed by atoms with Crippen LogP contribution in [-0.4, -0.2) is 19.4 Å². The highest BCUT2D eigenvalue weighted by Crippen LogP contribution is 2.35. The highest BCUT2D eigenvalue weighted by atomic mass is 35.5. The Bertz CT molecular complexity index is 414. The van der Waals surface area contributed by atoms with Gasteiger partial charge in [0.1, 0.15) is 6.29 Å². The summed E-state index contributed by atoms with van der Waals surface area (Å²) < 4.78 is 0. The van der Waals surface area contributed by atoms with Crippen LogP contribution in [0.4, 0.5) is 5.69 Å². The molecule has 0 unspecified atom stereocenters. The third-order valence-electron chi connectivity index (χ3n) is 3.13. The van der Waals surface area contributed by atoms with E-state index < -0.39 is 0 Å². The molecule has 16 heavy (non-hydrogen) atoms. The van der Waals surface area contributed by atoms with Gasteiger partial charge in [0.15, 0.2) is 0 Å². The van der Waals surface area contributed by atoms with E-state index in [-0.39, 0.29) is 0 Å². The van der Waals surface area contributed by atoms with Crippen molar-refractivity contribution in [1.82, 2.24) is 0 Å². The highest BCUT2D eigenvalue weighted by Gasteiger charge is 2.30. The summed E-state index contributed by atoms with van der Waals surface area (Å²) in [7, 11) is 0. The maximum Gasteiger partial charge on any atom is 0.150 e. The lowest BCUT2D eigenvalue weighted by atomic mass is 9.93. The van der Waals surface area contributed by atoms with Crippen molar-refractivity contribution >= 4 is 23.6 Å². The second kappa shape index (κ2) is 4.10. The average Bonchev–Trinajstić information content (AvgIpc) is 2.58. The van der Waals surface area contributed by atoms with Crippen molar-refractivity contribution in [3.8, 4) is 0 Å². The molecule has 0 radical (unpaired) electrons. The van der Waals surface area contributed by atoms with Gasteiger partial charge in [-0.05, 0) is 30.0 Å². The maximum absolute atomic E-state index is 10.6. The molecule has 1 aliphatic heterocycles. The molecule has 0 N–H and O–H groups in total. The predicted molar refractivity (Wildman–Crippen MR) is 67.5 cm³/mol. The first-order chi connectivity index (χ1) is 7.52. The number of benzene rings is 1. The van der Waals surface area contributed by atoms with Gasteiger partial charge in [-0.2, -0.15) is 0 Å². The van der Waals surface area contributed by atoms with Crippen LogP contribution in [0.3, 0.4) is 0 Å². The molecule has 0 saturated carbocycles. The number of hydrogen-bond donors (Lipinski definition) is 0. The minimum atomic E-state index is 0.354. The molecule has 0 aromatic heterocycles. The summed E-state index contributed by atoms with van der Waals surface area (Å²) in [4.78, 5) is 12.9. The van der Waals surface area contributed by atoms with Crippen LogP contribution in [0.5, 0.6) is 0 Å². The normalized spacial score (nSPS) is 18.8. The van der Waals surface area contributed by atoms with Gasteiger partial charge in [0.05, 0.1) is 10.7 Å². The van der Waals surface area contributed by atoms with E-state index in [0.29, 0.717) is 16.0 Å². The lowest BCUT2D eigenvalue weighted by Gasteiger charge is -2.22. The van der Waals surface area contributed by atoms with E-state index >= 15 is 0 Å². The number of hydrogen-bond acceptors (Lipinski definition) is 2. The standard InChI is InChI=1S/C13H16ClNO/c1-13(2)5-6-15(9-13)12-4-3-10(8-16)7-11(12)14/h3-4,7-8H,5-6,9H2,1-2H3. The Hall–Kier alpha value is -1.02. The van der Waals surface area contributed by atoms with Crippen molar-refractivity contribution in [3.05, 3.63) is 28.8 Å². The molecule has 0 atom stereocenters. The third kappa shape index (κ3) is 2.22. The molecule has 1 aliphatic rings. The van der Waals surface area contributed by atoms with E-state index in [1.165, 1.54) is 6.42 Å². The molecular weight excluding hydrogens is 222 g/mol. The summed E-state index contributed by atoms with van der Waals surface area (Å²) in [6.45, 7) is 6.59. The van der Waals surface area contributed by atoms with Crippen LogP contribution >= 0.6 is 11.6 Å². The van der Waals surface area contributed by atoms with Crippen molar-refractivity contribution in [2.24, 2.45) is 5.41 Å². The van der Waals surface area contributed by atoms with Crippen molar-refractivity contribution in [2.45, 2.75) is 20.3 Å². The topological polar surface area (TPSA) is 20.3 Å². The smallest absolute Gasteiger partial charge is 0.150 e. The third-order valence-corrected chi connectivity index (χ3v) is 3.43. The largest absolute Gasteiger partial charge is 0.370 e. The number of nitrogens with zero attached hydrogens (tertiary/aromatic N) is 1. The predicted octanol–water partition coefficient (Wildman–Crippen LogP) is 3.39. The Morgan fingerprint density at radius 3 is 2.69 bits per heavy atom. The second-order valence-electron chi connectivity index (χ2n) is 5.16. The number of aldehydes is 1. The Morgan fingerprint density at radius 2 is 2.19 bits per heavy atom. The van der Waals surface area contributed by atoms with Gasteiger partial charge in [-0.15, -0.1) is 0 Å². The van der Waals surface area contributed by atoms with Crippen LogP contribution in [0, 0.1) is 5.41 Å². The van der Waals surface area contributed by atoms with Gasteiger partial charge in [0, 0.05) is 18.7 Å². The van der Waals surface area contributed by atoms with Crippen LogP contribution in [0.15, 0.2) is 18.2 Å². The molecule has 1 aromatic carbocycles. The molecule has 2 nitrogen and oxygen atoms in total. The van der Waals surface area contributed by atoms with Gasteiger partial charge in [-0.25, -0.2) is 0 Å². The van der Waals surface area contributed by atoms with Gasteiger partial charge in [-0.3, -0.25) is 4.79 Å². The molecular formula is C13H16ClNO. The number of rotatable bonds is 2.